The van der Waals surface area contributed by atoms with Gasteiger partial charge in [-0.2, -0.15) is 0 Å². The summed E-state index contributed by atoms with van der Waals surface area (Å²) in [5, 5.41) is 0. The highest BCUT2D eigenvalue weighted by molar-refractivity contribution is 5.07. The molecule has 2 aliphatic carbocycles. The normalized spacial score (nSPS) is 40.3. The highest BCUT2D eigenvalue weighted by atomic mass is 15.2. The quantitative estimate of drug-likeness (QED) is 0.834. The first-order valence-corrected chi connectivity index (χ1v) is 7.86. The van der Waals surface area contributed by atoms with Crippen LogP contribution in [-0.2, 0) is 0 Å². The first-order chi connectivity index (χ1) is 8.43. The average Bonchev–Trinajstić information content (AvgIpc) is 2.64. The third-order valence-electron chi connectivity index (χ3n) is 6.12. The van der Waals surface area contributed by atoms with Crippen LogP contribution in [0.25, 0.3) is 0 Å². The molecule has 0 spiro atoms. The van der Waals surface area contributed by atoms with Gasteiger partial charge < -0.3 is 5.73 Å². The Bertz CT molecular complexity index is 287. The molecule has 0 bridgehead atoms. The summed E-state index contributed by atoms with van der Waals surface area (Å²) in [6, 6.07) is 0.759. The second kappa shape index (κ2) is 5.13. The Balaban J connectivity index is 2.17. The lowest BCUT2D eigenvalue weighted by Gasteiger charge is -2.52. The Morgan fingerprint density at radius 3 is 2.39 bits per heavy atom. The van der Waals surface area contributed by atoms with Crippen molar-refractivity contribution in [1.82, 2.24) is 4.90 Å². The zero-order valence-electron chi connectivity index (χ0n) is 12.8. The van der Waals surface area contributed by atoms with Gasteiger partial charge in [0.2, 0.25) is 0 Å². The molecule has 2 aliphatic rings. The summed E-state index contributed by atoms with van der Waals surface area (Å²) >= 11 is 0. The van der Waals surface area contributed by atoms with Crippen molar-refractivity contribution in [3.63, 3.8) is 0 Å². The van der Waals surface area contributed by atoms with Crippen molar-refractivity contribution in [2.45, 2.75) is 77.3 Å². The molecular weight excluding hydrogens is 220 g/mol. The fourth-order valence-electron chi connectivity index (χ4n) is 4.67. The van der Waals surface area contributed by atoms with Crippen molar-refractivity contribution in [1.29, 1.82) is 0 Å². The zero-order chi connectivity index (χ0) is 13.4. The summed E-state index contributed by atoms with van der Waals surface area (Å²) in [6.07, 6.45) is 9.53. The number of nitrogens with zero attached hydrogens (tertiary/aromatic N) is 1. The molecule has 106 valence electrons. The number of likely N-dealkylation sites (N-methyl/N-ethyl adjacent to an activating group) is 1. The largest absolute Gasteiger partial charge is 0.329 e. The van der Waals surface area contributed by atoms with Crippen molar-refractivity contribution in [3.8, 4) is 0 Å². The Kier molecular flexibility index (Phi) is 4.08. The summed E-state index contributed by atoms with van der Waals surface area (Å²) in [4.78, 5) is 2.69. The summed E-state index contributed by atoms with van der Waals surface area (Å²) in [6.45, 7) is 8.08. The molecule has 18 heavy (non-hydrogen) atoms. The van der Waals surface area contributed by atoms with Crippen LogP contribution < -0.4 is 5.73 Å². The van der Waals surface area contributed by atoms with E-state index in [2.05, 4.69) is 32.7 Å². The van der Waals surface area contributed by atoms with Crippen LogP contribution in [0.5, 0.6) is 0 Å². The highest BCUT2D eigenvalue weighted by Gasteiger charge is 2.52. The Hall–Kier alpha value is -0.0800. The van der Waals surface area contributed by atoms with Crippen LogP contribution in [-0.4, -0.2) is 30.1 Å². The second-order valence-corrected chi connectivity index (χ2v) is 7.51. The molecule has 0 saturated heterocycles. The maximum absolute atomic E-state index is 6.24. The van der Waals surface area contributed by atoms with Gasteiger partial charge in [-0.3, -0.25) is 4.90 Å². The zero-order valence-corrected chi connectivity index (χ0v) is 12.8. The van der Waals surface area contributed by atoms with Crippen LogP contribution in [0.15, 0.2) is 0 Å². The van der Waals surface area contributed by atoms with Gasteiger partial charge in [0.15, 0.2) is 0 Å². The average molecular weight is 252 g/mol. The van der Waals surface area contributed by atoms with Crippen molar-refractivity contribution in [2.24, 2.45) is 17.1 Å². The van der Waals surface area contributed by atoms with E-state index in [1.54, 1.807) is 0 Å². The molecule has 0 aromatic carbocycles. The maximum atomic E-state index is 6.24. The second-order valence-electron chi connectivity index (χ2n) is 7.51. The standard InChI is InChI=1S/C16H32N2/c1-13-7-5-8-14(11-13)18(4)16(12-17)10-6-9-15(16,2)3/h13-14H,5-12,17H2,1-4H3. The van der Waals surface area contributed by atoms with Gasteiger partial charge in [0.25, 0.3) is 0 Å². The summed E-state index contributed by atoms with van der Waals surface area (Å²) < 4.78 is 0. The Labute approximate surface area is 113 Å². The monoisotopic (exact) mass is 252 g/mol. The third-order valence-corrected chi connectivity index (χ3v) is 6.12. The van der Waals surface area contributed by atoms with Gasteiger partial charge in [0.1, 0.15) is 0 Å². The molecule has 0 aromatic rings. The molecule has 2 N–H and O–H groups in total. The summed E-state index contributed by atoms with van der Waals surface area (Å²) in [5.41, 5.74) is 6.86. The fraction of sp³-hybridized carbons (Fsp3) is 1.00. The third kappa shape index (κ3) is 2.22. The minimum Gasteiger partial charge on any atom is -0.329 e. The van der Waals surface area contributed by atoms with E-state index in [1.807, 2.05) is 0 Å². The van der Waals surface area contributed by atoms with E-state index < -0.39 is 0 Å². The van der Waals surface area contributed by atoms with Crippen molar-refractivity contribution < 1.29 is 0 Å². The molecule has 2 rings (SSSR count). The Morgan fingerprint density at radius 2 is 1.89 bits per heavy atom. The topological polar surface area (TPSA) is 29.3 Å². The number of hydrogen-bond acceptors (Lipinski definition) is 2. The molecule has 2 nitrogen and oxygen atoms in total. The molecule has 0 heterocycles. The number of hydrogen-bond donors (Lipinski definition) is 1. The molecular formula is C16H32N2. The van der Waals surface area contributed by atoms with Gasteiger partial charge in [-0.05, 0) is 44.1 Å². The van der Waals surface area contributed by atoms with Crippen LogP contribution in [0, 0.1) is 11.3 Å². The van der Waals surface area contributed by atoms with E-state index in [4.69, 9.17) is 5.73 Å². The fourth-order valence-corrected chi connectivity index (χ4v) is 4.67. The smallest absolute Gasteiger partial charge is 0.0382 e. The van der Waals surface area contributed by atoms with Gasteiger partial charge in [-0.25, -0.2) is 0 Å². The molecule has 0 aliphatic heterocycles. The molecule has 3 atom stereocenters. The van der Waals surface area contributed by atoms with E-state index in [0.717, 1.165) is 18.5 Å². The van der Waals surface area contributed by atoms with Gasteiger partial charge >= 0.3 is 0 Å². The Morgan fingerprint density at radius 1 is 1.17 bits per heavy atom. The van der Waals surface area contributed by atoms with E-state index in [0.29, 0.717) is 5.41 Å². The predicted octanol–water partition coefficient (Wildman–Crippen LogP) is 3.40. The van der Waals surface area contributed by atoms with Crippen LogP contribution in [0.4, 0.5) is 0 Å². The summed E-state index contributed by atoms with van der Waals surface area (Å²) in [5.74, 6) is 0.894. The summed E-state index contributed by atoms with van der Waals surface area (Å²) in [7, 11) is 2.35. The molecule has 3 unspecified atom stereocenters. The highest BCUT2D eigenvalue weighted by Crippen LogP contribution is 2.50. The van der Waals surface area contributed by atoms with Gasteiger partial charge in [0, 0.05) is 18.1 Å². The van der Waals surface area contributed by atoms with E-state index in [9.17, 15) is 0 Å². The van der Waals surface area contributed by atoms with E-state index >= 15 is 0 Å². The van der Waals surface area contributed by atoms with E-state index in [1.165, 1.54) is 44.9 Å². The molecule has 0 amide bonds. The first kappa shape index (κ1) is 14.3. The maximum Gasteiger partial charge on any atom is 0.0382 e. The van der Waals surface area contributed by atoms with Crippen molar-refractivity contribution in [2.75, 3.05) is 13.6 Å². The van der Waals surface area contributed by atoms with Gasteiger partial charge in [-0.1, -0.05) is 40.0 Å². The minimum absolute atomic E-state index is 0.245. The lowest BCUT2D eigenvalue weighted by molar-refractivity contribution is -0.0148. The van der Waals surface area contributed by atoms with Crippen LogP contribution in [0.1, 0.15) is 65.7 Å². The van der Waals surface area contributed by atoms with Gasteiger partial charge in [0.05, 0.1) is 0 Å². The number of rotatable bonds is 3. The minimum atomic E-state index is 0.245. The van der Waals surface area contributed by atoms with Crippen LogP contribution in [0.2, 0.25) is 0 Å². The van der Waals surface area contributed by atoms with Crippen molar-refractivity contribution in [3.05, 3.63) is 0 Å². The van der Waals surface area contributed by atoms with Crippen LogP contribution in [0.3, 0.4) is 0 Å². The molecule has 0 aromatic heterocycles. The molecule has 2 saturated carbocycles. The lowest BCUT2D eigenvalue weighted by Crippen LogP contribution is -2.61. The van der Waals surface area contributed by atoms with Gasteiger partial charge in [-0.15, -0.1) is 0 Å². The first-order valence-electron chi connectivity index (χ1n) is 7.86. The molecule has 2 fully saturated rings. The van der Waals surface area contributed by atoms with E-state index in [-0.39, 0.29) is 5.54 Å². The molecule has 2 heteroatoms. The predicted molar refractivity (Wildman–Crippen MR) is 78.6 cm³/mol. The van der Waals surface area contributed by atoms with Crippen molar-refractivity contribution >= 4 is 0 Å². The lowest BCUT2D eigenvalue weighted by atomic mass is 9.72. The van der Waals surface area contributed by atoms with Crippen LogP contribution >= 0.6 is 0 Å². The SMILES string of the molecule is CC1CCCC(N(C)C2(CN)CCCC2(C)C)C1. The number of nitrogens with two attached hydrogens (primary N) is 1. The molecule has 0 radical (unpaired) electrons.